The smallest absolute Gasteiger partial charge is 0.422 e. The molecule has 0 radical (unpaired) electrons. The van der Waals surface area contributed by atoms with Crippen LogP contribution < -0.4 is 10.1 Å². The molecule has 3 heterocycles. The normalized spacial score (nSPS) is 20.2. The topological polar surface area (TPSA) is 106 Å². The Hall–Kier alpha value is -3.70. The zero-order valence-electron chi connectivity index (χ0n) is 20.2. The summed E-state index contributed by atoms with van der Waals surface area (Å²) in [6.07, 6.45) is 0.253. The summed E-state index contributed by atoms with van der Waals surface area (Å²) in [5.41, 5.74) is -0.121. The molecule has 2 aromatic carbocycles. The number of aromatic nitrogens is 3. The van der Waals surface area contributed by atoms with Gasteiger partial charge >= 0.3 is 6.18 Å². The number of hydrogen-bond acceptors (Lipinski definition) is 8. The summed E-state index contributed by atoms with van der Waals surface area (Å²) in [5, 5.41) is 22.0. The molecule has 0 amide bonds. The van der Waals surface area contributed by atoms with Crippen LogP contribution in [-0.4, -0.2) is 39.1 Å². The summed E-state index contributed by atoms with van der Waals surface area (Å²) < 4.78 is 58.2. The van der Waals surface area contributed by atoms with Crippen molar-refractivity contribution in [2.24, 2.45) is 0 Å². The maximum atomic E-state index is 14.0. The fourth-order valence-electron chi connectivity index (χ4n) is 5.17. The van der Waals surface area contributed by atoms with Gasteiger partial charge in [-0.3, -0.25) is 0 Å². The number of fused-ring (bicyclic) bond motifs is 1. The van der Waals surface area contributed by atoms with Gasteiger partial charge in [-0.2, -0.15) is 18.2 Å². The largest absolute Gasteiger partial charge is 0.491 e. The molecule has 1 aliphatic heterocycles. The van der Waals surface area contributed by atoms with Crippen LogP contribution in [0.4, 0.5) is 13.2 Å². The van der Waals surface area contributed by atoms with Gasteiger partial charge in [-0.15, -0.1) is 0 Å². The second-order valence-electron chi connectivity index (χ2n) is 9.64. The summed E-state index contributed by atoms with van der Waals surface area (Å²) in [6.45, 7) is 0.293. The van der Waals surface area contributed by atoms with Gasteiger partial charge in [-0.05, 0) is 18.9 Å². The predicted molar refractivity (Wildman–Crippen MR) is 130 cm³/mol. The molecule has 4 aromatic rings. The van der Waals surface area contributed by atoms with Gasteiger partial charge in [0.05, 0.1) is 6.04 Å². The second kappa shape index (κ2) is 9.88. The fourth-order valence-corrected chi connectivity index (χ4v) is 5.17. The summed E-state index contributed by atoms with van der Waals surface area (Å²) in [6, 6.07) is 13.1. The first-order chi connectivity index (χ1) is 18.4. The maximum Gasteiger partial charge on any atom is 0.422 e. The number of rotatable bonds is 5. The molecule has 0 spiro atoms. The lowest BCUT2D eigenvalue weighted by molar-refractivity contribution is -0.136. The number of nitrogens with zero attached hydrogens (tertiary/aromatic N) is 3. The van der Waals surface area contributed by atoms with E-state index in [1.807, 2.05) is 0 Å². The monoisotopic (exact) mass is 526 g/mol. The van der Waals surface area contributed by atoms with Crippen LogP contribution in [0.5, 0.6) is 5.75 Å². The molecule has 2 aliphatic rings. The Bertz CT molecular complexity index is 1410. The fraction of sp³-hybridized carbons (Fsp3) is 0.370. The Labute approximate surface area is 215 Å². The summed E-state index contributed by atoms with van der Waals surface area (Å²) >= 11 is 0. The highest BCUT2D eigenvalue weighted by atomic mass is 19.4. The first-order valence-electron chi connectivity index (χ1n) is 12.6. The highest BCUT2D eigenvalue weighted by molar-refractivity contribution is 5.71. The van der Waals surface area contributed by atoms with Crippen LogP contribution in [0.2, 0.25) is 0 Å². The Morgan fingerprint density at radius 1 is 0.921 bits per heavy atom. The number of hydrogen-bond donors (Lipinski definition) is 2. The second-order valence-corrected chi connectivity index (χ2v) is 9.64. The zero-order valence-corrected chi connectivity index (χ0v) is 20.2. The van der Waals surface area contributed by atoms with Crippen molar-refractivity contribution in [3.05, 3.63) is 59.7 Å². The van der Waals surface area contributed by atoms with Gasteiger partial charge in [-0.1, -0.05) is 72.0 Å². The van der Waals surface area contributed by atoms with Crippen molar-refractivity contribution >= 4 is 0 Å². The Balaban J connectivity index is 1.26. The minimum Gasteiger partial charge on any atom is -0.491 e. The lowest BCUT2D eigenvalue weighted by atomic mass is 9.92. The molecule has 8 nitrogen and oxygen atoms in total. The minimum atomic E-state index is -4.77. The van der Waals surface area contributed by atoms with E-state index < -0.39 is 29.5 Å². The van der Waals surface area contributed by atoms with Crippen LogP contribution in [-0.2, 0) is 6.18 Å². The van der Waals surface area contributed by atoms with Crippen LogP contribution in [0.1, 0.15) is 49.3 Å². The molecule has 11 heteroatoms. The van der Waals surface area contributed by atoms with Crippen LogP contribution in [0.3, 0.4) is 0 Å². The summed E-state index contributed by atoms with van der Waals surface area (Å²) in [4.78, 5) is 4.15. The Kier molecular flexibility index (Phi) is 6.40. The quantitative estimate of drug-likeness (QED) is 0.336. The van der Waals surface area contributed by atoms with E-state index in [0.29, 0.717) is 29.5 Å². The van der Waals surface area contributed by atoms with E-state index in [4.69, 9.17) is 13.8 Å². The van der Waals surface area contributed by atoms with Crippen LogP contribution in [0, 0.1) is 0 Å². The molecular formula is C27H25F3N4O4. The van der Waals surface area contributed by atoms with E-state index in [2.05, 4.69) is 20.6 Å². The lowest BCUT2D eigenvalue weighted by Gasteiger charge is -2.35. The van der Waals surface area contributed by atoms with E-state index in [1.54, 1.807) is 36.4 Å². The molecule has 2 N–H and O–H groups in total. The van der Waals surface area contributed by atoms with Gasteiger partial charge in [-0.25, -0.2) is 0 Å². The number of benzene rings is 2. The average Bonchev–Trinajstić information content (AvgIpc) is 3.59. The number of ether oxygens (including phenoxy) is 1. The molecule has 198 valence electrons. The van der Waals surface area contributed by atoms with Crippen molar-refractivity contribution < 1.29 is 32.1 Å². The predicted octanol–water partition coefficient (Wildman–Crippen LogP) is 5.79. The highest BCUT2D eigenvalue weighted by Gasteiger charge is 2.43. The first kappa shape index (κ1) is 24.6. The van der Waals surface area contributed by atoms with Crippen molar-refractivity contribution in [3.63, 3.8) is 0 Å². The third-order valence-corrected chi connectivity index (χ3v) is 7.09. The molecule has 1 fully saturated rings. The molecule has 2 aromatic heterocycles. The first-order valence-corrected chi connectivity index (χ1v) is 12.6. The number of aliphatic hydroxyl groups is 1. The average molecular weight is 527 g/mol. The molecule has 2 atom stereocenters. The SMILES string of the molecule is O[C@@H]1c2ccc(-c3noc(-c4onc(-c5ccccc5)c4C(F)(F)F)n3)cc2OC[C@@H]1NC1CCCCC1. The van der Waals surface area contributed by atoms with Gasteiger partial charge in [0.25, 0.3) is 5.89 Å². The Morgan fingerprint density at radius 2 is 1.71 bits per heavy atom. The number of aliphatic hydroxyl groups excluding tert-OH is 1. The molecule has 0 bridgehead atoms. The van der Waals surface area contributed by atoms with E-state index >= 15 is 0 Å². The van der Waals surface area contributed by atoms with Gasteiger partial charge < -0.3 is 24.2 Å². The zero-order chi connectivity index (χ0) is 26.3. The van der Waals surface area contributed by atoms with Crippen molar-refractivity contribution in [1.29, 1.82) is 0 Å². The maximum absolute atomic E-state index is 14.0. The van der Waals surface area contributed by atoms with Gasteiger partial charge in [0.1, 0.15) is 29.7 Å². The molecule has 0 saturated heterocycles. The summed E-state index contributed by atoms with van der Waals surface area (Å²) in [5.74, 6) is -0.590. The van der Waals surface area contributed by atoms with Crippen LogP contribution >= 0.6 is 0 Å². The molecular weight excluding hydrogens is 501 g/mol. The van der Waals surface area contributed by atoms with E-state index in [-0.39, 0.29) is 23.1 Å². The molecule has 1 aliphatic carbocycles. The third-order valence-electron chi connectivity index (χ3n) is 7.09. The molecule has 0 unspecified atom stereocenters. The molecule has 1 saturated carbocycles. The molecule has 6 rings (SSSR count). The number of halogens is 3. The minimum absolute atomic E-state index is 0.0501. The Morgan fingerprint density at radius 3 is 2.47 bits per heavy atom. The van der Waals surface area contributed by atoms with Crippen LogP contribution in [0.15, 0.2) is 57.6 Å². The van der Waals surface area contributed by atoms with E-state index in [1.165, 1.54) is 31.4 Å². The van der Waals surface area contributed by atoms with Crippen LogP contribution in [0.25, 0.3) is 34.3 Å². The van der Waals surface area contributed by atoms with Crippen molar-refractivity contribution in [2.45, 2.75) is 56.5 Å². The number of alkyl halides is 3. The van der Waals surface area contributed by atoms with Gasteiger partial charge in [0.2, 0.25) is 11.6 Å². The van der Waals surface area contributed by atoms with E-state index in [0.717, 1.165) is 12.8 Å². The number of nitrogens with one attached hydrogen (secondary N) is 1. The van der Waals surface area contributed by atoms with Crippen molar-refractivity contribution in [1.82, 2.24) is 20.6 Å². The van der Waals surface area contributed by atoms with E-state index in [9.17, 15) is 18.3 Å². The molecule has 38 heavy (non-hydrogen) atoms. The van der Waals surface area contributed by atoms with Gasteiger partial charge in [0.15, 0.2) is 0 Å². The highest BCUT2D eigenvalue weighted by Crippen LogP contribution is 2.43. The standard InChI is InChI=1S/C27H25F3N4O4/c28-27(29,30)21-22(15-7-3-1-4-8-15)33-37-24(21)26-32-25(34-38-26)16-11-12-18-20(13-16)36-14-19(23(18)35)31-17-9-5-2-6-10-17/h1,3-4,7-8,11-13,17,19,23,31,35H,2,5-6,9-10,14H2/t19-,23+/m0/s1. The van der Waals surface area contributed by atoms with Crippen molar-refractivity contribution in [2.75, 3.05) is 6.61 Å². The van der Waals surface area contributed by atoms with Crippen molar-refractivity contribution in [3.8, 4) is 40.0 Å². The lowest BCUT2D eigenvalue weighted by Crippen LogP contribution is -2.48. The third kappa shape index (κ3) is 4.67. The summed E-state index contributed by atoms with van der Waals surface area (Å²) in [7, 11) is 0. The van der Waals surface area contributed by atoms with Gasteiger partial charge in [0, 0.05) is 22.7 Å².